The maximum Gasteiger partial charge on any atom is 0.334 e. The van der Waals surface area contributed by atoms with Crippen LogP contribution in [0.25, 0.3) is 5.69 Å². The van der Waals surface area contributed by atoms with Crippen LogP contribution in [0.3, 0.4) is 0 Å². The van der Waals surface area contributed by atoms with Crippen LogP contribution in [0, 0.1) is 13.8 Å². The van der Waals surface area contributed by atoms with Gasteiger partial charge in [0.25, 0.3) is 5.91 Å². The van der Waals surface area contributed by atoms with Crippen LogP contribution in [0.5, 0.6) is 0 Å². The van der Waals surface area contributed by atoms with E-state index in [2.05, 4.69) is 21.2 Å². The molecule has 1 unspecified atom stereocenters. The third kappa shape index (κ3) is 3.68. The van der Waals surface area contributed by atoms with Crippen LogP contribution in [0.2, 0.25) is 0 Å². The van der Waals surface area contributed by atoms with Gasteiger partial charge in [-0.15, -0.1) is 0 Å². The Labute approximate surface area is 148 Å². The highest BCUT2D eigenvalue weighted by atomic mass is 79.9. The van der Waals surface area contributed by atoms with Crippen molar-refractivity contribution in [2.45, 2.75) is 20.0 Å². The Morgan fingerprint density at radius 2 is 2.00 bits per heavy atom. The van der Waals surface area contributed by atoms with E-state index in [9.17, 15) is 9.59 Å². The predicted molar refractivity (Wildman–Crippen MR) is 93.7 cm³/mol. The fourth-order valence-corrected chi connectivity index (χ4v) is 3.01. The number of aliphatic carboxylic acids is 1. The van der Waals surface area contributed by atoms with Gasteiger partial charge >= 0.3 is 5.97 Å². The Balaban J connectivity index is 2.27. The monoisotopic (exact) mass is 394 g/mol. The first-order valence-corrected chi connectivity index (χ1v) is 8.13. The van der Waals surface area contributed by atoms with Crippen LogP contribution in [0.1, 0.15) is 21.7 Å². The minimum absolute atomic E-state index is 0.0939. The second-order valence-electron chi connectivity index (χ2n) is 5.34. The molecule has 0 aliphatic heterocycles. The van der Waals surface area contributed by atoms with E-state index in [1.165, 1.54) is 7.11 Å². The van der Waals surface area contributed by atoms with Gasteiger partial charge in [0.05, 0.1) is 17.8 Å². The van der Waals surface area contributed by atoms with Crippen molar-refractivity contribution >= 4 is 27.8 Å². The number of nitrogens with zero attached hydrogens (tertiary/aromatic N) is 1. The number of benzene rings is 1. The van der Waals surface area contributed by atoms with E-state index >= 15 is 0 Å². The molecule has 0 radical (unpaired) electrons. The van der Waals surface area contributed by atoms with Gasteiger partial charge in [0.15, 0.2) is 6.10 Å². The second-order valence-corrected chi connectivity index (χ2v) is 6.20. The quantitative estimate of drug-likeness (QED) is 0.788. The Bertz CT molecular complexity index is 770. The number of hydrogen-bond donors (Lipinski definition) is 2. The molecule has 24 heavy (non-hydrogen) atoms. The predicted octanol–water partition coefficient (Wildman–Crippen LogP) is 2.69. The van der Waals surface area contributed by atoms with Gasteiger partial charge in [-0.05, 0) is 48.0 Å². The average molecular weight is 395 g/mol. The highest BCUT2D eigenvalue weighted by Crippen LogP contribution is 2.26. The average Bonchev–Trinajstić information content (AvgIpc) is 2.83. The summed E-state index contributed by atoms with van der Waals surface area (Å²) >= 11 is 3.52. The Kier molecular flexibility index (Phi) is 5.80. The SMILES string of the molecule is COC(CNC(=O)c1cc(C)n(-c2ccccc2Br)c1C)C(=O)O. The van der Waals surface area contributed by atoms with Gasteiger partial charge in [0.2, 0.25) is 0 Å². The minimum atomic E-state index is -1.11. The minimum Gasteiger partial charge on any atom is -0.479 e. The number of amides is 1. The van der Waals surface area contributed by atoms with Crippen LogP contribution in [0.4, 0.5) is 0 Å². The van der Waals surface area contributed by atoms with E-state index in [4.69, 9.17) is 9.84 Å². The fourth-order valence-electron chi connectivity index (χ4n) is 2.55. The smallest absolute Gasteiger partial charge is 0.334 e. The topological polar surface area (TPSA) is 80.6 Å². The van der Waals surface area contributed by atoms with Gasteiger partial charge in [0.1, 0.15) is 0 Å². The van der Waals surface area contributed by atoms with E-state index in [0.717, 1.165) is 21.5 Å². The largest absolute Gasteiger partial charge is 0.479 e. The summed E-state index contributed by atoms with van der Waals surface area (Å²) in [5, 5.41) is 11.6. The van der Waals surface area contributed by atoms with E-state index < -0.39 is 12.1 Å². The summed E-state index contributed by atoms with van der Waals surface area (Å²) in [4.78, 5) is 23.3. The number of carboxylic acids is 1. The molecule has 0 aliphatic carbocycles. The zero-order valence-corrected chi connectivity index (χ0v) is 15.3. The molecule has 6 nitrogen and oxygen atoms in total. The third-order valence-electron chi connectivity index (χ3n) is 3.78. The molecule has 0 aliphatic rings. The molecule has 0 bridgehead atoms. The lowest BCUT2D eigenvalue weighted by Crippen LogP contribution is -2.37. The molecule has 1 aromatic carbocycles. The summed E-state index contributed by atoms with van der Waals surface area (Å²) in [7, 11) is 1.30. The molecule has 1 heterocycles. The number of carboxylic acid groups (broad SMARTS) is 1. The molecule has 1 amide bonds. The summed E-state index contributed by atoms with van der Waals surface area (Å²) in [6.07, 6.45) is -1.07. The number of aromatic nitrogens is 1. The number of carbonyl (C=O) groups is 2. The van der Waals surface area contributed by atoms with Crippen molar-refractivity contribution in [3.63, 3.8) is 0 Å². The van der Waals surface area contributed by atoms with Crippen molar-refractivity contribution in [1.29, 1.82) is 0 Å². The van der Waals surface area contributed by atoms with Crippen molar-refractivity contribution in [2.75, 3.05) is 13.7 Å². The highest BCUT2D eigenvalue weighted by molar-refractivity contribution is 9.10. The normalized spacial score (nSPS) is 12.0. The molecule has 128 valence electrons. The number of ether oxygens (including phenoxy) is 1. The lowest BCUT2D eigenvalue weighted by molar-refractivity contribution is -0.148. The Morgan fingerprint density at radius 1 is 1.33 bits per heavy atom. The molecule has 0 fully saturated rings. The van der Waals surface area contributed by atoms with E-state index in [-0.39, 0.29) is 12.5 Å². The summed E-state index contributed by atoms with van der Waals surface area (Å²) in [5.41, 5.74) is 3.13. The lowest BCUT2D eigenvalue weighted by Gasteiger charge is -2.13. The molecule has 7 heteroatoms. The highest BCUT2D eigenvalue weighted by Gasteiger charge is 2.21. The van der Waals surface area contributed by atoms with Crippen molar-refractivity contribution in [3.8, 4) is 5.69 Å². The van der Waals surface area contributed by atoms with Crippen LogP contribution < -0.4 is 5.32 Å². The molecule has 2 rings (SSSR count). The molecular formula is C17H19BrN2O4. The first-order valence-electron chi connectivity index (χ1n) is 7.34. The molecular weight excluding hydrogens is 376 g/mol. The van der Waals surface area contributed by atoms with Crippen molar-refractivity contribution in [3.05, 3.63) is 51.8 Å². The van der Waals surface area contributed by atoms with Crippen LogP contribution >= 0.6 is 15.9 Å². The first-order chi connectivity index (χ1) is 11.4. The molecule has 0 saturated heterocycles. The fraction of sp³-hybridized carbons (Fsp3) is 0.294. The number of carbonyl (C=O) groups excluding carboxylic acids is 1. The van der Waals surface area contributed by atoms with Gasteiger partial charge in [-0.1, -0.05) is 12.1 Å². The van der Waals surface area contributed by atoms with E-state index in [0.29, 0.717) is 5.56 Å². The maximum absolute atomic E-state index is 12.4. The number of aryl methyl sites for hydroxylation is 1. The van der Waals surface area contributed by atoms with Gasteiger partial charge in [-0.3, -0.25) is 4.79 Å². The number of halogens is 1. The second kappa shape index (κ2) is 7.63. The number of rotatable bonds is 6. The van der Waals surface area contributed by atoms with Crippen molar-refractivity contribution in [2.24, 2.45) is 0 Å². The number of para-hydroxylation sites is 1. The Hall–Kier alpha value is -2.12. The van der Waals surface area contributed by atoms with Crippen LogP contribution in [-0.4, -0.2) is 41.3 Å². The zero-order chi connectivity index (χ0) is 17.9. The molecule has 1 atom stereocenters. The van der Waals surface area contributed by atoms with Gasteiger partial charge in [-0.25, -0.2) is 4.79 Å². The summed E-state index contributed by atoms with van der Waals surface area (Å²) in [5.74, 6) is -1.44. The van der Waals surface area contributed by atoms with Gasteiger partial charge in [-0.2, -0.15) is 0 Å². The van der Waals surface area contributed by atoms with Crippen molar-refractivity contribution < 1.29 is 19.4 Å². The van der Waals surface area contributed by atoms with Gasteiger partial charge < -0.3 is 19.7 Å². The standard InChI is InChI=1S/C17H19BrN2O4/c1-10-8-12(16(21)19-9-15(24-3)17(22)23)11(2)20(10)14-7-5-4-6-13(14)18/h4-8,15H,9H2,1-3H3,(H,19,21)(H,22,23). The molecule has 2 N–H and O–H groups in total. The lowest BCUT2D eigenvalue weighted by atomic mass is 10.2. The molecule has 0 spiro atoms. The zero-order valence-electron chi connectivity index (χ0n) is 13.7. The Morgan fingerprint density at radius 3 is 2.58 bits per heavy atom. The van der Waals surface area contributed by atoms with Crippen LogP contribution in [-0.2, 0) is 9.53 Å². The summed E-state index contributed by atoms with van der Waals surface area (Å²) < 4.78 is 7.71. The van der Waals surface area contributed by atoms with Crippen LogP contribution in [0.15, 0.2) is 34.8 Å². The van der Waals surface area contributed by atoms with E-state index in [1.807, 2.05) is 42.7 Å². The summed E-state index contributed by atoms with van der Waals surface area (Å²) in [6, 6.07) is 9.52. The maximum atomic E-state index is 12.4. The van der Waals surface area contributed by atoms with Gasteiger partial charge in [0, 0.05) is 23.0 Å². The molecule has 0 saturated carbocycles. The first kappa shape index (κ1) is 18.2. The number of hydrogen-bond acceptors (Lipinski definition) is 3. The molecule has 2 aromatic rings. The number of nitrogens with one attached hydrogen (secondary N) is 1. The number of methoxy groups -OCH3 is 1. The van der Waals surface area contributed by atoms with E-state index in [1.54, 1.807) is 6.07 Å². The molecule has 1 aromatic heterocycles. The third-order valence-corrected chi connectivity index (χ3v) is 4.45. The summed E-state index contributed by atoms with van der Waals surface area (Å²) in [6.45, 7) is 3.67. The van der Waals surface area contributed by atoms with Crippen molar-refractivity contribution in [1.82, 2.24) is 9.88 Å².